The summed E-state index contributed by atoms with van der Waals surface area (Å²) in [6.45, 7) is 0.126. The number of nitrogens with one attached hydrogen (secondary N) is 1. The largest absolute Gasteiger partial charge is 0.489 e. The third-order valence-corrected chi connectivity index (χ3v) is 7.42. The first-order valence-electron chi connectivity index (χ1n) is 11.3. The summed E-state index contributed by atoms with van der Waals surface area (Å²) in [6, 6.07) is 31.8. The van der Waals surface area contributed by atoms with Crippen molar-refractivity contribution in [1.82, 2.24) is 4.31 Å². The zero-order chi connectivity index (χ0) is 25.4. The molecule has 0 fully saturated rings. The molecule has 0 aliphatic heterocycles. The van der Waals surface area contributed by atoms with Crippen molar-refractivity contribution in [2.75, 3.05) is 11.9 Å². The fourth-order valence-electron chi connectivity index (χ4n) is 3.50. The SMILES string of the molecule is O=C(CN(Cc1ccccc1)S(=O)(=O)c1ccc(Cl)cc1)Nc1ccc(OCc2ccccc2)cc1. The van der Waals surface area contributed by atoms with Gasteiger partial charge in [0.05, 0.1) is 11.4 Å². The van der Waals surface area contributed by atoms with Crippen LogP contribution in [-0.4, -0.2) is 25.2 Å². The van der Waals surface area contributed by atoms with Crippen molar-refractivity contribution in [1.29, 1.82) is 0 Å². The molecule has 0 heterocycles. The lowest BCUT2D eigenvalue weighted by molar-refractivity contribution is -0.116. The molecule has 0 aliphatic rings. The van der Waals surface area contributed by atoms with Crippen molar-refractivity contribution in [2.45, 2.75) is 18.0 Å². The standard InChI is InChI=1S/C28H25ClN2O4S/c29-24-11-17-27(18-12-24)36(33,34)31(19-22-7-3-1-4-8-22)20-28(32)30-25-13-15-26(16-14-25)35-21-23-9-5-2-6-10-23/h1-18H,19-21H2,(H,30,32). The zero-order valence-electron chi connectivity index (χ0n) is 19.4. The molecule has 4 rings (SSSR count). The smallest absolute Gasteiger partial charge is 0.243 e. The van der Waals surface area contributed by atoms with Gasteiger partial charge in [-0.3, -0.25) is 4.79 Å². The van der Waals surface area contributed by atoms with E-state index in [-0.39, 0.29) is 18.0 Å². The first-order chi connectivity index (χ1) is 17.4. The summed E-state index contributed by atoms with van der Waals surface area (Å²) in [7, 11) is -3.95. The Labute approximate surface area is 216 Å². The van der Waals surface area contributed by atoms with E-state index in [0.717, 1.165) is 15.4 Å². The molecule has 36 heavy (non-hydrogen) atoms. The van der Waals surface area contributed by atoms with E-state index in [1.165, 1.54) is 24.3 Å². The monoisotopic (exact) mass is 520 g/mol. The molecular weight excluding hydrogens is 496 g/mol. The molecule has 0 saturated heterocycles. The van der Waals surface area contributed by atoms with Crippen LogP contribution in [-0.2, 0) is 28.0 Å². The molecular formula is C28H25ClN2O4S. The number of hydrogen-bond acceptors (Lipinski definition) is 4. The molecule has 0 atom stereocenters. The Morgan fingerprint density at radius 2 is 1.36 bits per heavy atom. The maximum absolute atomic E-state index is 13.4. The summed E-state index contributed by atoms with van der Waals surface area (Å²) in [5, 5.41) is 3.20. The van der Waals surface area contributed by atoms with Crippen LogP contribution in [0.1, 0.15) is 11.1 Å². The topological polar surface area (TPSA) is 75.7 Å². The van der Waals surface area contributed by atoms with Crippen LogP contribution in [0.2, 0.25) is 5.02 Å². The number of carbonyl (C=O) groups excluding carboxylic acids is 1. The summed E-state index contributed by atoms with van der Waals surface area (Å²) in [5.74, 6) is 0.203. The first kappa shape index (κ1) is 25.4. The summed E-state index contributed by atoms with van der Waals surface area (Å²) in [4.78, 5) is 12.9. The van der Waals surface area contributed by atoms with Crippen LogP contribution < -0.4 is 10.1 Å². The van der Waals surface area contributed by atoms with Gasteiger partial charge in [-0.2, -0.15) is 4.31 Å². The molecule has 0 radical (unpaired) electrons. The van der Waals surface area contributed by atoms with Crippen LogP contribution in [0.5, 0.6) is 5.75 Å². The second-order valence-electron chi connectivity index (χ2n) is 8.06. The molecule has 4 aromatic rings. The zero-order valence-corrected chi connectivity index (χ0v) is 21.0. The molecule has 0 aromatic heterocycles. The quantitative estimate of drug-likeness (QED) is 0.289. The van der Waals surface area contributed by atoms with Gasteiger partial charge in [0.1, 0.15) is 12.4 Å². The van der Waals surface area contributed by atoms with Gasteiger partial charge in [0.2, 0.25) is 15.9 Å². The second kappa shape index (κ2) is 11.9. The Balaban J connectivity index is 1.44. The highest BCUT2D eigenvalue weighted by Crippen LogP contribution is 2.21. The maximum atomic E-state index is 13.4. The molecule has 0 saturated carbocycles. The number of nitrogens with zero attached hydrogens (tertiary/aromatic N) is 1. The number of halogens is 1. The molecule has 4 aromatic carbocycles. The minimum absolute atomic E-state index is 0.0471. The second-order valence-corrected chi connectivity index (χ2v) is 10.4. The van der Waals surface area contributed by atoms with Crippen LogP contribution in [0, 0.1) is 0 Å². The van der Waals surface area contributed by atoms with Gasteiger partial charge >= 0.3 is 0 Å². The first-order valence-corrected chi connectivity index (χ1v) is 13.1. The molecule has 1 amide bonds. The van der Waals surface area contributed by atoms with E-state index in [2.05, 4.69) is 5.32 Å². The van der Waals surface area contributed by atoms with Crippen LogP contribution in [0.25, 0.3) is 0 Å². The number of carbonyl (C=O) groups is 1. The third kappa shape index (κ3) is 6.95. The van der Waals surface area contributed by atoms with E-state index in [0.29, 0.717) is 23.1 Å². The Bertz CT molecular complexity index is 1380. The number of ether oxygens (including phenoxy) is 1. The average Bonchev–Trinajstić information content (AvgIpc) is 2.89. The molecule has 1 N–H and O–H groups in total. The molecule has 0 aliphatic carbocycles. The molecule has 0 unspecified atom stereocenters. The highest BCUT2D eigenvalue weighted by Gasteiger charge is 2.27. The molecule has 184 valence electrons. The number of anilines is 1. The predicted molar refractivity (Wildman–Crippen MR) is 141 cm³/mol. The number of benzene rings is 4. The van der Waals surface area contributed by atoms with Gasteiger partial charge in [0.15, 0.2) is 0 Å². The Hall–Kier alpha value is -3.65. The van der Waals surface area contributed by atoms with E-state index < -0.39 is 15.9 Å². The Morgan fingerprint density at radius 3 is 1.97 bits per heavy atom. The van der Waals surface area contributed by atoms with Crippen LogP contribution in [0.3, 0.4) is 0 Å². The number of sulfonamides is 1. The van der Waals surface area contributed by atoms with Crippen LogP contribution in [0.15, 0.2) is 114 Å². The minimum Gasteiger partial charge on any atom is -0.489 e. The highest BCUT2D eigenvalue weighted by atomic mass is 35.5. The molecule has 0 bridgehead atoms. The summed E-state index contributed by atoms with van der Waals surface area (Å²) >= 11 is 5.93. The van der Waals surface area contributed by atoms with E-state index >= 15 is 0 Å². The van der Waals surface area contributed by atoms with Crippen molar-refractivity contribution in [3.8, 4) is 5.75 Å². The van der Waals surface area contributed by atoms with Gasteiger partial charge in [0.25, 0.3) is 0 Å². The van der Waals surface area contributed by atoms with E-state index in [9.17, 15) is 13.2 Å². The lowest BCUT2D eigenvalue weighted by Gasteiger charge is -2.22. The summed E-state index contributed by atoms with van der Waals surface area (Å²) in [6.07, 6.45) is 0. The fourth-order valence-corrected chi connectivity index (χ4v) is 5.02. The Kier molecular flexibility index (Phi) is 8.38. The van der Waals surface area contributed by atoms with Gasteiger partial charge in [-0.05, 0) is 59.7 Å². The average molecular weight is 521 g/mol. The van der Waals surface area contributed by atoms with Crippen LogP contribution in [0.4, 0.5) is 5.69 Å². The number of rotatable bonds is 10. The Morgan fingerprint density at radius 1 is 0.778 bits per heavy atom. The molecule has 8 heteroatoms. The lowest BCUT2D eigenvalue weighted by Crippen LogP contribution is -2.37. The van der Waals surface area contributed by atoms with Crippen molar-refractivity contribution >= 4 is 33.2 Å². The maximum Gasteiger partial charge on any atom is 0.243 e. The van der Waals surface area contributed by atoms with Crippen molar-refractivity contribution in [3.63, 3.8) is 0 Å². The lowest BCUT2D eigenvalue weighted by atomic mass is 10.2. The normalized spacial score (nSPS) is 11.3. The molecule has 0 spiro atoms. The van der Waals surface area contributed by atoms with E-state index in [1.54, 1.807) is 24.3 Å². The molecule has 6 nitrogen and oxygen atoms in total. The van der Waals surface area contributed by atoms with Crippen molar-refractivity contribution in [3.05, 3.63) is 125 Å². The predicted octanol–water partition coefficient (Wildman–Crippen LogP) is 5.75. The van der Waals surface area contributed by atoms with Gasteiger partial charge in [0, 0.05) is 17.3 Å². The summed E-state index contributed by atoms with van der Waals surface area (Å²) < 4.78 is 33.6. The van der Waals surface area contributed by atoms with E-state index in [4.69, 9.17) is 16.3 Å². The van der Waals surface area contributed by atoms with Gasteiger partial charge in [-0.1, -0.05) is 72.3 Å². The highest BCUT2D eigenvalue weighted by molar-refractivity contribution is 7.89. The van der Waals surface area contributed by atoms with Crippen LogP contribution >= 0.6 is 11.6 Å². The van der Waals surface area contributed by atoms with Gasteiger partial charge in [-0.15, -0.1) is 0 Å². The summed E-state index contributed by atoms with van der Waals surface area (Å²) in [5.41, 5.74) is 2.36. The minimum atomic E-state index is -3.95. The number of amides is 1. The van der Waals surface area contributed by atoms with Gasteiger partial charge in [-0.25, -0.2) is 8.42 Å². The number of hydrogen-bond donors (Lipinski definition) is 1. The van der Waals surface area contributed by atoms with Crippen molar-refractivity contribution < 1.29 is 17.9 Å². The third-order valence-electron chi connectivity index (χ3n) is 5.36. The van der Waals surface area contributed by atoms with Gasteiger partial charge < -0.3 is 10.1 Å². The van der Waals surface area contributed by atoms with Crippen molar-refractivity contribution in [2.24, 2.45) is 0 Å². The fraction of sp³-hybridized carbons (Fsp3) is 0.107. The van der Waals surface area contributed by atoms with E-state index in [1.807, 2.05) is 60.7 Å².